The van der Waals surface area contributed by atoms with Crippen LogP contribution in [0.15, 0.2) is 22.7 Å². The molecule has 0 aromatic heterocycles. The van der Waals surface area contributed by atoms with E-state index in [2.05, 4.69) is 26.6 Å². The molecule has 0 saturated heterocycles. The van der Waals surface area contributed by atoms with Gasteiger partial charge in [0.1, 0.15) is 0 Å². The number of hydrogen-bond acceptors (Lipinski definition) is 3. The molecule has 4 N–H and O–H groups in total. The monoisotopic (exact) mass is 336 g/mol. The standard InChI is InChI=1S/C10H10BrClN2O4/c11-6-3-5(1-2-7(6)12)14-10(18)13-4-8(15)9(16)17/h1-3,8,15H,4H2,(H,16,17)(H2,13,14,18). The second-order valence-electron chi connectivity index (χ2n) is 3.32. The van der Waals surface area contributed by atoms with Crippen molar-refractivity contribution >= 4 is 45.2 Å². The molecule has 0 saturated carbocycles. The van der Waals surface area contributed by atoms with Crippen molar-refractivity contribution in [3.63, 3.8) is 0 Å². The first-order valence-electron chi connectivity index (χ1n) is 4.81. The quantitative estimate of drug-likeness (QED) is 0.671. The third kappa shape index (κ3) is 4.52. The van der Waals surface area contributed by atoms with E-state index in [4.69, 9.17) is 21.8 Å². The minimum Gasteiger partial charge on any atom is -0.479 e. The summed E-state index contributed by atoms with van der Waals surface area (Å²) >= 11 is 8.98. The number of halogens is 2. The number of carbonyl (C=O) groups is 2. The maximum Gasteiger partial charge on any atom is 0.334 e. The second kappa shape index (κ2) is 6.58. The van der Waals surface area contributed by atoms with Crippen LogP contribution in [0.1, 0.15) is 0 Å². The highest BCUT2D eigenvalue weighted by atomic mass is 79.9. The third-order valence-electron chi connectivity index (χ3n) is 1.92. The van der Waals surface area contributed by atoms with E-state index in [1.165, 1.54) is 0 Å². The van der Waals surface area contributed by atoms with Gasteiger partial charge in [0.25, 0.3) is 0 Å². The average Bonchev–Trinajstić information content (AvgIpc) is 2.30. The third-order valence-corrected chi connectivity index (χ3v) is 3.13. The Balaban J connectivity index is 2.49. The molecule has 0 bridgehead atoms. The summed E-state index contributed by atoms with van der Waals surface area (Å²) in [5.41, 5.74) is 0.480. The molecule has 0 fully saturated rings. The number of carboxylic acids is 1. The molecule has 1 aromatic carbocycles. The molecule has 98 valence electrons. The Kier molecular flexibility index (Phi) is 5.39. The summed E-state index contributed by atoms with van der Waals surface area (Å²) < 4.78 is 0.618. The van der Waals surface area contributed by atoms with E-state index >= 15 is 0 Å². The van der Waals surface area contributed by atoms with E-state index < -0.39 is 18.1 Å². The molecule has 0 aliphatic carbocycles. The zero-order valence-electron chi connectivity index (χ0n) is 8.98. The molecule has 0 spiro atoms. The van der Waals surface area contributed by atoms with Gasteiger partial charge in [0, 0.05) is 10.2 Å². The SMILES string of the molecule is O=C(NCC(O)C(=O)O)Nc1ccc(Cl)c(Br)c1. The zero-order chi connectivity index (χ0) is 13.7. The van der Waals surface area contributed by atoms with E-state index in [1.807, 2.05) is 0 Å². The number of hydrogen-bond donors (Lipinski definition) is 4. The Hall–Kier alpha value is -1.31. The number of aliphatic carboxylic acids is 1. The van der Waals surface area contributed by atoms with Crippen LogP contribution in [0.25, 0.3) is 0 Å². The van der Waals surface area contributed by atoms with Crippen LogP contribution in [0.4, 0.5) is 10.5 Å². The lowest BCUT2D eigenvalue weighted by molar-refractivity contribution is -0.146. The molecule has 1 atom stereocenters. The van der Waals surface area contributed by atoms with Gasteiger partial charge in [-0.25, -0.2) is 9.59 Å². The van der Waals surface area contributed by atoms with Gasteiger partial charge >= 0.3 is 12.0 Å². The van der Waals surface area contributed by atoms with E-state index in [-0.39, 0.29) is 6.54 Å². The average molecular weight is 338 g/mol. The number of amides is 2. The van der Waals surface area contributed by atoms with Gasteiger partial charge in [-0.05, 0) is 34.1 Å². The number of aliphatic hydroxyl groups excluding tert-OH is 1. The van der Waals surface area contributed by atoms with Gasteiger partial charge in [-0.3, -0.25) is 0 Å². The largest absolute Gasteiger partial charge is 0.479 e. The summed E-state index contributed by atoms with van der Waals surface area (Å²) in [6.07, 6.45) is -1.63. The van der Waals surface area contributed by atoms with Crippen molar-refractivity contribution in [1.82, 2.24) is 5.32 Å². The highest BCUT2D eigenvalue weighted by Crippen LogP contribution is 2.25. The molecule has 18 heavy (non-hydrogen) atoms. The summed E-state index contributed by atoms with van der Waals surface area (Å²) in [6.45, 7) is -0.379. The molecule has 8 heteroatoms. The molecular weight excluding hydrogens is 327 g/mol. The van der Waals surface area contributed by atoms with Gasteiger partial charge in [-0.15, -0.1) is 0 Å². The fourth-order valence-corrected chi connectivity index (χ4v) is 1.52. The van der Waals surface area contributed by atoms with Gasteiger partial charge in [0.05, 0.1) is 11.6 Å². The lowest BCUT2D eigenvalue weighted by atomic mass is 10.3. The molecule has 1 aromatic rings. The molecule has 2 amide bonds. The Morgan fingerprint density at radius 2 is 2.11 bits per heavy atom. The zero-order valence-corrected chi connectivity index (χ0v) is 11.3. The molecular formula is C10H10BrClN2O4. The van der Waals surface area contributed by atoms with Crippen LogP contribution in [-0.4, -0.2) is 34.9 Å². The Morgan fingerprint density at radius 1 is 1.44 bits per heavy atom. The summed E-state index contributed by atoms with van der Waals surface area (Å²) in [6, 6.07) is 4.15. The van der Waals surface area contributed by atoms with Crippen molar-refractivity contribution in [2.45, 2.75) is 6.10 Å². The van der Waals surface area contributed by atoms with E-state index in [1.54, 1.807) is 18.2 Å². The Bertz CT molecular complexity index is 469. The Morgan fingerprint density at radius 3 is 2.67 bits per heavy atom. The number of anilines is 1. The van der Waals surface area contributed by atoms with Crippen molar-refractivity contribution in [1.29, 1.82) is 0 Å². The molecule has 6 nitrogen and oxygen atoms in total. The number of carboxylic acid groups (broad SMARTS) is 1. The van der Waals surface area contributed by atoms with Crippen LogP contribution in [0.2, 0.25) is 5.02 Å². The highest BCUT2D eigenvalue weighted by molar-refractivity contribution is 9.10. The van der Waals surface area contributed by atoms with E-state index in [0.717, 1.165) is 0 Å². The lowest BCUT2D eigenvalue weighted by Crippen LogP contribution is -2.38. The van der Waals surface area contributed by atoms with Crippen LogP contribution in [0.3, 0.4) is 0 Å². The van der Waals surface area contributed by atoms with Gasteiger partial charge < -0.3 is 20.8 Å². The summed E-state index contributed by atoms with van der Waals surface area (Å²) in [7, 11) is 0. The smallest absolute Gasteiger partial charge is 0.334 e. The van der Waals surface area contributed by atoms with E-state index in [0.29, 0.717) is 15.2 Å². The first-order chi connectivity index (χ1) is 8.40. The van der Waals surface area contributed by atoms with E-state index in [9.17, 15) is 9.59 Å². The van der Waals surface area contributed by atoms with Crippen LogP contribution in [0.5, 0.6) is 0 Å². The number of benzene rings is 1. The van der Waals surface area contributed by atoms with Crippen molar-refractivity contribution < 1.29 is 19.8 Å². The summed E-state index contributed by atoms with van der Waals surface area (Å²) in [5.74, 6) is -1.40. The number of nitrogens with one attached hydrogen (secondary N) is 2. The molecule has 1 rings (SSSR count). The number of urea groups is 1. The van der Waals surface area contributed by atoms with Crippen LogP contribution in [-0.2, 0) is 4.79 Å². The highest BCUT2D eigenvalue weighted by Gasteiger charge is 2.14. The molecule has 0 heterocycles. The molecule has 0 aliphatic heterocycles. The van der Waals surface area contributed by atoms with Crippen molar-refractivity contribution in [2.24, 2.45) is 0 Å². The first kappa shape index (κ1) is 14.7. The minimum absolute atomic E-state index is 0.379. The van der Waals surface area contributed by atoms with Crippen LogP contribution in [0, 0.1) is 0 Å². The second-order valence-corrected chi connectivity index (χ2v) is 4.58. The summed E-state index contributed by atoms with van der Waals surface area (Å²) in [5, 5.41) is 22.5. The predicted octanol–water partition coefficient (Wildman–Crippen LogP) is 1.67. The maximum atomic E-state index is 11.4. The predicted molar refractivity (Wildman–Crippen MR) is 69.8 cm³/mol. The maximum absolute atomic E-state index is 11.4. The lowest BCUT2D eigenvalue weighted by Gasteiger charge is -2.09. The molecule has 1 unspecified atom stereocenters. The van der Waals surface area contributed by atoms with Gasteiger partial charge in [-0.1, -0.05) is 11.6 Å². The normalized spacial score (nSPS) is 11.7. The van der Waals surface area contributed by atoms with Gasteiger partial charge in [-0.2, -0.15) is 0 Å². The van der Waals surface area contributed by atoms with Crippen LogP contribution < -0.4 is 10.6 Å². The number of carbonyl (C=O) groups excluding carboxylic acids is 1. The number of rotatable bonds is 4. The van der Waals surface area contributed by atoms with Crippen molar-refractivity contribution in [3.8, 4) is 0 Å². The van der Waals surface area contributed by atoms with Crippen molar-refractivity contribution in [3.05, 3.63) is 27.7 Å². The van der Waals surface area contributed by atoms with Crippen LogP contribution >= 0.6 is 27.5 Å². The van der Waals surface area contributed by atoms with Crippen molar-refractivity contribution in [2.75, 3.05) is 11.9 Å². The minimum atomic E-state index is -1.63. The molecule has 0 aliphatic rings. The number of aliphatic hydroxyl groups is 1. The first-order valence-corrected chi connectivity index (χ1v) is 5.98. The fraction of sp³-hybridized carbons (Fsp3) is 0.200. The summed E-state index contributed by atoms with van der Waals surface area (Å²) in [4.78, 5) is 21.7. The topological polar surface area (TPSA) is 98.7 Å². The fourth-order valence-electron chi connectivity index (χ4n) is 1.03. The Labute approximate surface area is 116 Å². The van der Waals surface area contributed by atoms with Gasteiger partial charge in [0.15, 0.2) is 6.10 Å². The van der Waals surface area contributed by atoms with Gasteiger partial charge in [0.2, 0.25) is 0 Å². The molecule has 0 radical (unpaired) electrons.